The van der Waals surface area contributed by atoms with E-state index < -0.39 is 33.7 Å². The van der Waals surface area contributed by atoms with Crippen molar-refractivity contribution in [2.24, 2.45) is 7.05 Å². The molecule has 1 aromatic carbocycles. The van der Waals surface area contributed by atoms with Crippen molar-refractivity contribution in [1.82, 2.24) is 19.5 Å². The fourth-order valence-corrected chi connectivity index (χ4v) is 3.81. The summed E-state index contributed by atoms with van der Waals surface area (Å²) in [6, 6.07) is 5.59. The number of anilines is 2. The lowest BCUT2D eigenvalue weighted by atomic mass is 10.2. The molecule has 16 heteroatoms. The van der Waals surface area contributed by atoms with Crippen LogP contribution in [0, 0.1) is 0 Å². The van der Waals surface area contributed by atoms with Gasteiger partial charge in [0, 0.05) is 25.5 Å². The summed E-state index contributed by atoms with van der Waals surface area (Å²) in [6.45, 7) is 0. The van der Waals surface area contributed by atoms with Gasteiger partial charge in [0.15, 0.2) is 0 Å². The van der Waals surface area contributed by atoms with Gasteiger partial charge in [-0.1, -0.05) is 11.6 Å². The zero-order valence-electron chi connectivity index (χ0n) is 18.9. The quantitative estimate of drug-likeness (QED) is 0.337. The summed E-state index contributed by atoms with van der Waals surface area (Å²) >= 11 is 6.30. The van der Waals surface area contributed by atoms with Crippen LogP contribution >= 0.6 is 11.6 Å². The third kappa shape index (κ3) is 6.07. The summed E-state index contributed by atoms with van der Waals surface area (Å²) in [4.78, 5) is 24.7. The molecule has 194 valence electrons. The second kappa shape index (κ2) is 9.84. The zero-order chi connectivity index (χ0) is 27.0. The van der Waals surface area contributed by atoms with E-state index in [1.807, 2.05) is 0 Å². The van der Waals surface area contributed by atoms with E-state index in [4.69, 9.17) is 20.6 Å². The molecule has 0 aliphatic carbocycles. The van der Waals surface area contributed by atoms with Crippen LogP contribution in [-0.2, 0) is 27.6 Å². The first-order chi connectivity index (χ1) is 17.3. The number of carbonyl (C=O) groups is 1. The number of fused-ring (bicyclic) bond motifs is 1. The minimum absolute atomic E-state index is 0.175. The summed E-state index contributed by atoms with van der Waals surface area (Å²) in [5.41, 5.74) is -0.110. The Morgan fingerprint density at radius 1 is 1.14 bits per heavy atom. The Kier molecular flexibility index (Phi) is 6.94. The monoisotopic (exact) mass is 556 g/mol. The molecule has 3 heterocycles. The number of urea groups is 1. The molecule has 4 rings (SSSR count). The molecule has 11 nitrogen and oxygen atoms in total. The van der Waals surface area contributed by atoms with E-state index in [9.17, 15) is 26.4 Å². The van der Waals surface area contributed by atoms with E-state index in [1.54, 1.807) is 23.9 Å². The molecular formula is C21H16ClF3N6O5S. The smallest absolute Gasteiger partial charge is 0.416 e. The van der Waals surface area contributed by atoms with E-state index in [0.29, 0.717) is 29.4 Å². The van der Waals surface area contributed by atoms with E-state index in [2.05, 4.69) is 20.3 Å². The maximum atomic E-state index is 13.0. The van der Waals surface area contributed by atoms with Gasteiger partial charge >= 0.3 is 12.2 Å². The number of nitrogens with zero attached hydrogens (tertiary/aromatic N) is 5. The summed E-state index contributed by atoms with van der Waals surface area (Å²) in [5, 5.41) is 2.14. The first-order valence-electron chi connectivity index (χ1n) is 10.1. The number of halogens is 4. The summed E-state index contributed by atoms with van der Waals surface area (Å²) in [5.74, 6) is -0.124. The second-order valence-corrected chi connectivity index (χ2v) is 9.45. The van der Waals surface area contributed by atoms with Crippen LogP contribution < -0.4 is 15.1 Å². The minimum Gasteiger partial charge on any atom is -0.437 e. The number of benzene rings is 1. The zero-order valence-corrected chi connectivity index (χ0v) is 20.5. The maximum absolute atomic E-state index is 13.0. The number of amides is 2. The lowest BCUT2D eigenvalue weighted by Gasteiger charge is -2.22. The van der Waals surface area contributed by atoms with Gasteiger partial charge in [-0.25, -0.2) is 14.8 Å². The van der Waals surface area contributed by atoms with Crippen molar-refractivity contribution >= 4 is 50.3 Å². The van der Waals surface area contributed by atoms with Crippen LogP contribution in [0.5, 0.6) is 11.6 Å². The number of alkyl halides is 3. The molecule has 0 atom stereocenters. The fourth-order valence-electron chi connectivity index (χ4n) is 3.14. The fraction of sp³-hybridized carbons (Fsp3) is 0.143. The number of rotatable bonds is 6. The van der Waals surface area contributed by atoms with Crippen LogP contribution in [0.25, 0.3) is 11.0 Å². The highest BCUT2D eigenvalue weighted by molar-refractivity contribution is 7.86. The number of hydrogen-bond donors (Lipinski definition) is 1. The third-order valence-corrected chi connectivity index (χ3v) is 5.42. The van der Waals surface area contributed by atoms with Gasteiger partial charge in [-0.2, -0.15) is 31.6 Å². The van der Waals surface area contributed by atoms with Crippen molar-refractivity contribution in [1.29, 1.82) is 0 Å². The van der Waals surface area contributed by atoms with Gasteiger partial charge in [-0.3, -0.25) is 5.32 Å². The van der Waals surface area contributed by atoms with Gasteiger partial charge in [-0.05, 0) is 30.3 Å². The normalized spacial score (nSPS) is 11.9. The molecule has 3 aromatic heterocycles. The van der Waals surface area contributed by atoms with Crippen LogP contribution in [0.1, 0.15) is 5.56 Å². The Bertz CT molecular complexity index is 1600. The summed E-state index contributed by atoms with van der Waals surface area (Å²) in [7, 11) is -2.51. The van der Waals surface area contributed by atoms with E-state index in [0.717, 1.165) is 6.20 Å². The highest BCUT2D eigenvalue weighted by Crippen LogP contribution is 2.35. The van der Waals surface area contributed by atoms with Crippen molar-refractivity contribution in [3.63, 3.8) is 0 Å². The molecule has 0 fully saturated rings. The van der Waals surface area contributed by atoms with Crippen LogP contribution in [0.4, 0.5) is 29.5 Å². The van der Waals surface area contributed by atoms with Crippen molar-refractivity contribution in [3.05, 3.63) is 65.7 Å². The molecule has 0 saturated heterocycles. The summed E-state index contributed by atoms with van der Waals surface area (Å²) < 4.78 is 74.9. The second-order valence-electron chi connectivity index (χ2n) is 7.49. The van der Waals surface area contributed by atoms with Gasteiger partial charge in [0.2, 0.25) is 5.88 Å². The van der Waals surface area contributed by atoms with E-state index >= 15 is 0 Å². The molecule has 1 N–H and O–H groups in total. The van der Waals surface area contributed by atoms with Crippen molar-refractivity contribution in [2.75, 3.05) is 16.6 Å². The lowest BCUT2D eigenvalue weighted by molar-refractivity contribution is -0.137. The Balaban J connectivity index is 1.63. The van der Waals surface area contributed by atoms with Crippen molar-refractivity contribution < 1.29 is 35.4 Å². The molecule has 0 unspecified atom stereocenters. The summed E-state index contributed by atoms with van der Waals surface area (Å²) in [6.07, 6.45) is -0.126. The largest absolute Gasteiger partial charge is 0.437 e. The molecule has 2 amide bonds. The number of aromatic nitrogens is 4. The molecular weight excluding hydrogens is 541 g/mol. The molecule has 0 spiro atoms. The van der Waals surface area contributed by atoms with Crippen LogP contribution in [-0.4, -0.2) is 40.2 Å². The Labute approximate surface area is 212 Å². The first kappa shape index (κ1) is 26.1. The van der Waals surface area contributed by atoms with Gasteiger partial charge in [0.05, 0.1) is 28.0 Å². The molecule has 0 radical (unpaired) electrons. The minimum atomic E-state index is -4.70. The van der Waals surface area contributed by atoms with Crippen LogP contribution in [0.2, 0.25) is 5.02 Å². The molecule has 4 aromatic rings. The van der Waals surface area contributed by atoms with Gasteiger partial charge in [-0.15, -0.1) is 4.28 Å². The number of pyridine rings is 1. The van der Waals surface area contributed by atoms with Crippen LogP contribution in [0.15, 0.2) is 55.1 Å². The van der Waals surface area contributed by atoms with E-state index in [-0.39, 0.29) is 27.4 Å². The predicted octanol–water partition coefficient (Wildman–Crippen LogP) is 4.76. The molecule has 37 heavy (non-hydrogen) atoms. The average molecular weight is 557 g/mol. The van der Waals surface area contributed by atoms with Gasteiger partial charge < -0.3 is 9.30 Å². The first-order valence-corrected chi connectivity index (χ1v) is 12.3. The maximum Gasteiger partial charge on any atom is 0.416 e. The average Bonchev–Trinajstić information content (AvgIpc) is 3.19. The van der Waals surface area contributed by atoms with E-state index in [1.165, 1.54) is 24.5 Å². The standard InChI is InChI=1S/C21H16ClF3N6O5S/c1-30-8-6-15-18(30)19(28-11-27-15)35-13-3-4-16(14(22)10-13)31(36-37(2,33)34)20(32)29-17-9-12(5-7-26-17)21(23,24)25/h3-11H,1-2H3,(H,26,29,32). The number of aryl methyl sites for hydroxylation is 1. The number of carbonyl (C=O) groups excluding carboxylic acids is 1. The molecule has 0 aliphatic rings. The van der Waals surface area contributed by atoms with Crippen molar-refractivity contribution in [3.8, 4) is 11.6 Å². The SMILES string of the molecule is Cn1ccc2ncnc(Oc3ccc(N(OS(C)(=O)=O)C(=O)Nc4cc(C(F)(F)F)ccn4)c(Cl)c3)c21. The van der Waals surface area contributed by atoms with Gasteiger partial charge in [0.1, 0.15) is 23.4 Å². The topological polar surface area (TPSA) is 129 Å². The van der Waals surface area contributed by atoms with Crippen molar-refractivity contribution in [2.45, 2.75) is 6.18 Å². The molecule has 0 bridgehead atoms. The highest BCUT2D eigenvalue weighted by atomic mass is 35.5. The predicted molar refractivity (Wildman–Crippen MR) is 127 cm³/mol. The number of hydrogen-bond acceptors (Lipinski definition) is 8. The highest BCUT2D eigenvalue weighted by Gasteiger charge is 2.31. The Hall–Kier alpha value is -3.95. The number of hydroxylamine groups is 1. The molecule has 0 aliphatic heterocycles. The Morgan fingerprint density at radius 3 is 2.57 bits per heavy atom. The van der Waals surface area contributed by atoms with Crippen LogP contribution in [0.3, 0.4) is 0 Å². The third-order valence-electron chi connectivity index (χ3n) is 4.69. The molecule has 0 saturated carbocycles. The van der Waals surface area contributed by atoms with Gasteiger partial charge in [0.25, 0.3) is 10.1 Å². The Morgan fingerprint density at radius 2 is 1.89 bits per heavy atom. The number of nitrogens with one attached hydrogen (secondary N) is 1. The number of ether oxygens (including phenoxy) is 1. The lowest BCUT2D eigenvalue weighted by Crippen LogP contribution is -2.37.